The van der Waals surface area contributed by atoms with Gasteiger partial charge in [-0.3, -0.25) is 87.1 Å². The second kappa shape index (κ2) is 37.8. The Labute approximate surface area is 495 Å². The quantitative estimate of drug-likeness (QED) is 0.0424. The summed E-state index contributed by atoms with van der Waals surface area (Å²) in [4.78, 5) is 134. The fraction of sp³-hybridized carbons (Fsp3) is 0.593. The number of unbranched alkanes of at least 4 members (excludes halogenated alkanes) is 1. The first-order valence-electron chi connectivity index (χ1n) is 27.5. The van der Waals surface area contributed by atoms with Gasteiger partial charge in [0.25, 0.3) is 0 Å². The van der Waals surface area contributed by atoms with Crippen LogP contribution in [0.4, 0.5) is 11.4 Å². The molecular formula is C54H80N10O18S2. The Hall–Kier alpha value is -6.48. The van der Waals surface area contributed by atoms with Gasteiger partial charge in [0.1, 0.15) is 0 Å². The third-order valence-electron chi connectivity index (χ3n) is 13.8. The number of carbonyl (C=O) groups excluding carboxylic acids is 2. The molecule has 2 atom stereocenters. The molecule has 2 heterocycles. The zero-order valence-corrected chi connectivity index (χ0v) is 48.7. The number of hydrogen-bond acceptors (Lipinski definition) is 20. The van der Waals surface area contributed by atoms with E-state index in [-0.39, 0.29) is 167 Å². The number of thioether (sulfide) groups is 2. The molecule has 2 aliphatic heterocycles. The van der Waals surface area contributed by atoms with Crippen LogP contribution in [0, 0.1) is 0 Å². The number of aliphatic carboxylic acids is 8. The van der Waals surface area contributed by atoms with Crippen LogP contribution in [-0.4, -0.2) is 319 Å². The van der Waals surface area contributed by atoms with E-state index in [1.54, 1.807) is 87.7 Å². The highest BCUT2D eigenvalue weighted by atomic mass is 32.2. The summed E-state index contributed by atoms with van der Waals surface area (Å²) in [7, 11) is 0. The predicted octanol–water partition coefficient (Wildman–Crippen LogP) is -0.547. The Morgan fingerprint density at radius 1 is 0.357 bits per heavy atom. The molecule has 2 aromatic carbocycles. The number of carboxylic acid groups (broad SMARTS) is 8. The molecule has 30 heteroatoms. The molecule has 84 heavy (non-hydrogen) atoms. The van der Waals surface area contributed by atoms with Crippen molar-refractivity contribution in [3.05, 3.63) is 59.7 Å². The molecule has 4 rings (SSSR count). The summed E-state index contributed by atoms with van der Waals surface area (Å²) in [5.74, 6) is -7.48. The molecule has 2 aromatic rings. The summed E-state index contributed by atoms with van der Waals surface area (Å²) in [5, 5.41) is 83.3. The Morgan fingerprint density at radius 3 is 0.881 bits per heavy atom. The van der Waals surface area contributed by atoms with Crippen molar-refractivity contribution < 1.29 is 88.8 Å². The molecule has 0 saturated carbocycles. The third kappa shape index (κ3) is 29.9. The van der Waals surface area contributed by atoms with Crippen molar-refractivity contribution >= 4 is 94.5 Å². The van der Waals surface area contributed by atoms with E-state index in [9.17, 15) is 88.8 Å². The van der Waals surface area contributed by atoms with Crippen LogP contribution >= 0.6 is 23.5 Å². The fourth-order valence-corrected chi connectivity index (χ4v) is 11.5. The van der Waals surface area contributed by atoms with Crippen LogP contribution in [0.3, 0.4) is 0 Å². The molecule has 2 unspecified atom stereocenters. The number of nitrogens with one attached hydrogen (secondary N) is 2. The zero-order valence-electron chi connectivity index (χ0n) is 47.0. The Morgan fingerprint density at radius 2 is 0.607 bits per heavy atom. The molecule has 0 bridgehead atoms. The second-order valence-electron chi connectivity index (χ2n) is 20.7. The van der Waals surface area contributed by atoms with Crippen molar-refractivity contribution in [1.82, 2.24) is 39.2 Å². The maximum atomic E-state index is 12.9. The topological polar surface area (TPSA) is 383 Å². The van der Waals surface area contributed by atoms with Gasteiger partial charge in [-0.2, -0.15) is 23.5 Å². The molecule has 0 spiro atoms. The predicted molar refractivity (Wildman–Crippen MR) is 312 cm³/mol. The number of amides is 2. The highest BCUT2D eigenvalue weighted by Gasteiger charge is 2.30. The van der Waals surface area contributed by atoms with E-state index in [1.165, 1.54) is 23.5 Å². The van der Waals surface area contributed by atoms with Crippen molar-refractivity contribution in [3.63, 3.8) is 0 Å². The molecule has 466 valence electrons. The number of hydrogen-bond donors (Lipinski definition) is 10. The van der Waals surface area contributed by atoms with Gasteiger partial charge in [0.05, 0.1) is 63.9 Å². The molecular weight excluding hydrogens is 1140 g/mol. The van der Waals surface area contributed by atoms with E-state index in [1.807, 2.05) is 0 Å². The van der Waals surface area contributed by atoms with E-state index in [4.69, 9.17) is 0 Å². The standard InChI is InChI=1S/C54H80N10O18S2/c65-45(55-41-7-3-39(4-8-41)25-43-27-61(33-51(75)76)17-15-57(29-47(67)68)11-13-59(31-49(71)72)19-21-63(43)35-53(79)80)37-83-23-1-2-24-84-38-46(66)56-42-9-5-40(6-10-42)26-44-28-62(34-52(77)78)18-16-58(30-48(69)70)12-14-60(32-50(73)74)20-22-64(44)36-54(81)82/h3-10,43-44H,1-2,11-38H2,(H,55,65)(H,56,66)(H,67,68)(H,69,70)(H,71,72)(H,73,74)(H,75,76)(H,77,78)(H,79,80)(H,81,82). The van der Waals surface area contributed by atoms with Gasteiger partial charge in [-0.15, -0.1) is 0 Å². The highest BCUT2D eigenvalue weighted by molar-refractivity contribution is 8.00. The van der Waals surface area contributed by atoms with Crippen molar-refractivity contribution in [3.8, 4) is 0 Å². The minimum Gasteiger partial charge on any atom is -0.480 e. The number of carboxylic acids is 8. The van der Waals surface area contributed by atoms with Gasteiger partial charge >= 0.3 is 47.8 Å². The van der Waals surface area contributed by atoms with Crippen LogP contribution < -0.4 is 10.6 Å². The van der Waals surface area contributed by atoms with Crippen molar-refractivity contribution in [1.29, 1.82) is 0 Å². The average molecular weight is 1220 g/mol. The van der Waals surface area contributed by atoms with Crippen molar-refractivity contribution in [2.75, 3.05) is 178 Å². The van der Waals surface area contributed by atoms with Gasteiger partial charge in [0, 0.05) is 115 Å². The van der Waals surface area contributed by atoms with Gasteiger partial charge in [-0.05, 0) is 72.6 Å². The summed E-state index contributed by atoms with van der Waals surface area (Å²) < 4.78 is 0. The number of nitrogens with zero attached hydrogens (tertiary/aromatic N) is 8. The first kappa shape index (κ1) is 70.0. The van der Waals surface area contributed by atoms with Crippen LogP contribution in [0.25, 0.3) is 0 Å². The van der Waals surface area contributed by atoms with E-state index in [2.05, 4.69) is 10.6 Å². The molecule has 10 N–H and O–H groups in total. The largest absolute Gasteiger partial charge is 0.480 e. The maximum absolute atomic E-state index is 12.9. The van der Waals surface area contributed by atoms with Crippen molar-refractivity contribution in [2.45, 2.75) is 37.8 Å². The Bertz CT molecular complexity index is 2320. The normalized spacial score (nSPS) is 18.7. The Balaban J connectivity index is 1.25. The lowest BCUT2D eigenvalue weighted by Crippen LogP contribution is -2.53. The molecule has 28 nitrogen and oxygen atoms in total. The summed E-state index contributed by atoms with van der Waals surface area (Å²) in [5.41, 5.74) is 2.61. The number of benzene rings is 2. The van der Waals surface area contributed by atoms with Gasteiger partial charge < -0.3 is 51.5 Å². The summed E-state index contributed by atoms with van der Waals surface area (Å²) in [6, 6.07) is 12.9. The molecule has 2 fully saturated rings. The van der Waals surface area contributed by atoms with Crippen LogP contribution in [0.2, 0.25) is 0 Å². The number of rotatable bonds is 31. The van der Waals surface area contributed by atoms with E-state index in [0.717, 1.165) is 24.0 Å². The van der Waals surface area contributed by atoms with Crippen LogP contribution in [0.1, 0.15) is 24.0 Å². The number of anilines is 2. The first-order chi connectivity index (χ1) is 40.0. The molecule has 0 aromatic heterocycles. The fourth-order valence-electron chi connectivity index (χ4n) is 9.84. The summed E-state index contributed by atoms with van der Waals surface area (Å²) >= 11 is 2.92. The van der Waals surface area contributed by atoms with Crippen LogP contribution in [-0.2, 0) is 60.8 Å². The molecule has 2 amide bonds. The van der Waals surface area contributed by atoms with Gasteiger partial charge in [0.15, 0.2) is 0 Å². The molecule has 2 saturated heterocycles. The van der Waals surface area contributed by atoms with Crippen molar-refractivity contribution in [2.24, 2.45) is 0 Å². The van der Waals surface area contributed by atoms with E-state index in [0.29, 0.717) is 22.9 Å². The zero-order chi connectivity index (χ0) is 61.6. The van der Waals surface area contributed by atoms with E-state index < -0.39 is 72.9 Å². The molecule has 0 aliphatic carbocycles. The SMILES string of the molecule is O=C(O)CN1CCN(CC(=O)O)CCN(CC(=O)O)C(Cc2ccc(NC(=O)CSCCCCSCC(=O)Nc3ccc(CC4CN(CC(=O)O)CCN(CC(=O)O)CCN(CC(=O)O)CCN4CC(=O)O)cc3)cc2)CN(CC(=O)O)CC1. The smallest absolute Gasteiger partial charge is 0.317 e. The lowest BCUT2D eigenvalue weighted by molar-refractivity contribution is -0.142. The number of carbonyl (C=O) groups is 10. The van der Waals surface area contributed by atoms with Crippen LogP contribution in [0.15, 0.2) is 48.5 Å². The Kier molecular flexibility index (Phi) is 31.5. The molecule has 0 radical (unpaired) electrons. The lowest BCUT2D eigenvalue weighted by Gasteiger charge is -2.37. The van der Waals surface area contributed by atoms with E-state index >= 15 is 0 Å². The first-order valence-corrected chi connectivity index (χ1v) is 29.8. The van der Waals surface area contributed by atoms with Gasteiger partial charge in [-0.25, -0.2) is 0 Å². The summed E-state index contributed by atoms with van der Waals surface area (Å²) in [6.07, 6.45) is 2.17. The minimum absolute atomic E-state index is 0.120. The third-order valence-corrected chi connectivity index (χ3v) is 15.9. The average Bonchev–Trinajstić information content (AvgIpc) is 3.61. The minimum atomic E-state index is -1.12. The monoisotopic (exact) mass is 1220 g/mol. The lowest BCUT2D eigenvalue weighted by atomic mass is 10.0. The van der Waals surface area contributed by atoms with Crippen LogP contribution in [0.5, 0.6) is 0 Å². The summed E-state index contributed by atoms with van der Waals surface area (Å²) in [6.45, 7) is -0.555. The van der Waals surface area contributed by atoms with Gasteiger partial charge in [-0.1, -0.05) is 24.3 Å². The second-order valence-corrected chi connectivity index (χ2v) is 22.9. The molecule has 2 aliphatic rings. The van der Waals surface area contributed by atoms with Gasteiger partial charge in [0.2, 0.25) is 11.8 Å². The highest BCUT2D eigenvalue weighted by Crippen LogP contribution is 2.20. The maximum Gasteiger partial charge on any atom is 0.317 e.